The normalized spacial score (nSPS) is 11.5. The molecule has 118 valence electrons. The molecule has 5 nitrogen and oxygen atoms in total. The lowest BCUT2D eigenvalue weighted by Crippen LogP contribution is -2.41. The maximum Gasteiger partial charge on any atom is 0.253 e. The van der Waals surface area contributed by atoms with Gasteiger partial charge in [-0.25, -0.2) is 0 Å². The third kappa shape index (κ3) is 2.91. The van der Waals surface area contributed by atoms with Crippen LogP contribution < -0.4 is 11.1 Å². The number of nitrogens with one attached hydrogen (secondary N) is 1. The van der Waals surface area contributed by atoms with Crippen LogP contribution in [0.5, 0.6) is 0 Å². The van der Waals surface area contributed by atoms with Crippen LogP contribution in [0.2, 0.25) is 10.0 Å². The molecule has 0 saturated heterocycles. The number of hydrogen-bond donors (Lipinski definition) is 2. The van der Waals surface area contributed by atoms with Gasteiger partial charge in [0.1, 0.15) is 5.76 Å². The first-order chi connectivity index (χ1) is 10.1. The van der Waals surface area contributed by atoms with E-state index in [2.05, 4.69) is 10.5 Å². The molecule has 1 aromatic carbocycles. The molecule has 22 heavy (non-hydrogen) atoms. The van der Waals surface area contributed by atoms with E-state index >= 15 is 0 Å². The van der Waals surface area contributed by atoms with Gasteiger partial charge in [0.15, 0.2) is 0 Å². The topological polar surface area (TPSA) is 81.2 Å². The van der Waals surface area contributed by atoms with Crippen molar-refractivity contribution in [3.8, 4) is 0 Å². The average molecular weight is 342 g/mol. The van der Waals surface area contributed by atoms with E-state index in [1.807, 2.05) is 20.8 Å². The molecule has 3 N–H and O–H groups in total. The summed E-state index contributed by atoms with van der Waals surface area (Å²) in [4.78, 5) is 12.5. The molecule has 0 aliphatic carbocycles. The number of rotatable bonds is 3. The Morgan fingerprint density at radius 2 is 1.95 bits per heavy atom. The number of hydrogen-bond acceptors (Lipinski definition) is 4. The molecule has 1 aromatic heterocycles. The molecule has 2 aromatic rings. The summed E-state index contributed by atoms with van der Waals surface area (Å²) < 4.78 is 5.16. The van der Waals surface area contributed by atoms with Gasteiger partial charge >= 0.3 is 0 Å². The van der Waals surface area contributed by atoms with Gasteiger partial charge in [0.25, 0.3) is 5.91 Å². The fourth-order valence-electron chi connectivity index (χ4n) is 2.53. The highest BCUT2D eigenvalue weighted by molar-refractivity contribution is 6.40. The van der Waals surface area contributed by atoms with Crippen LogP contribution in [0.4, 0.5) is 5.69 Å². The van der Waals surface area contributed by atoms with Gasteiger partial charge in [0.05, 0.1) is 32.5 Å². The van der Waals surface area contributed by atoms with Crippen LogP contribution in [0.1, 0.15) is 41.2 Å². The van der Waals surface area contributed by atoms with Crippen LogP contribution in [0.15, 0.2) is 16.7 Å². The number of carbonyl (C=O) groups is 1. The molecule has 7 heteroatoms. The van der Waals surface area contributed by atoms with Crippen LogP contribution in [-0.4, -0.2) is 11.1 Å². The number of anilines is 1. The SMILES string of the molecule is Cc1noc(C)c1C(C)(C)NC(=O)c1ccc(Cl)c(N)c1Cl. The molecule has 0 aliphatic rings. The van der Waals surface area contributed by atoms with Crippen molar-refractivity contribution in [2.24, 2.45) is 0 Å². The van der Waals surface area contributed by atoms with Crippen LogP contribution in [0, 0.1) is 13.8 Å². The Bertz CT molecular complexity index is 719. The Morgan fingerprint density at radius 3 is 2.50 bits per heavy atom. The predicted molar refractivity (Wildman–Crippen MR) is 87.3 cm³/mol. The highest BCUT2D eigenvalue weighted by Crippen LogP contribution is 2.32. The first kappa shape index (κ1) is 16.6. The van der Waals surface area contributed by atoms with Gasteiger partial charge in [-0.15, -0.1) is 0 Å². The number of aryl methyl sites for hydroxylation is 2. The summed E-state index contributed by atoms with van der Waals surface area (Å²) >= 11 is 12.0. The van der Waals surface area contributed by atoms with Crippen molar-refractivity contribution in [2.45, 2.75) is 33.2 Å². The van der Waals surface area contributed by atoms with Crippen molar-refractivity contribution in [1.82, 2.24) is 10.5 Å². The number of amides is 1. The van der Waals surface area contributed by atoms with Gasteiger partial charge in [0.2, 0.25) is 0 Å². The van der Waals surface area contributed by atoms with Gasteiger partial charge in [-0.05, 0) is 39.8 Å². The maximum absolute atomic E-state index is 12.5. The Kier molecular flexibility index (Phi) is 4.40. The minimum Gasteiger partial charge on any atom is -0.396 e. The minimum absolute atomic E-state index is 0.138. The standard InChI is InChI=1S/C15H17Cl2N3O2/c1-7-11(8(2)22-20-7)15(3,4)19-14(21)9-5-6-10(16)13(18)12(9)17/h5-6H,18H2,1-4H3,(H,19,21). The Balaban J connectivity index is 2.35. The molecule has 2 rings (SSSR count). The van der Waals surface area contributed by atoms with Crippen molar-refractivity contribution in [2.75, 3.05) is 5.73 Å². The molecule has 1 heterocycles. The summed E-state index contributed by atoms with van der Waals surface area (Å²) in [6, 6.07) is 3.08. The number of halogens is 2. The Hall–Kier alpha value is -1.72. The molecular weight excluding hydrogens is 325 g/mol. The van der Waals surface area contributed by atoms with Gasteiger partial charge < -0.3 is 15.6 Å². The molecule has 0 unspecified atom stereocenters. The van der Waals surface area contributed by atoms with E-state index in [4.69, 9.17) is 33.5 Å². The van der Waals surface area contributed by atoms with Crippen LogP contribution in [-0.2, 0) is 5.54 Å². The molecule has 0 saturated carbocycles. The molecule has 0 atom stereocenters. The lowest BCUT2D eigenvalue weighted by molar-refractivity contribution is 0.0911. The number of carbonyl (C=O) groups excluding carboxylic acids is 1. The molecule has 0 bridgehead atoms. The number of nitrogen functional groups attached to an aromatic ring is 1. The fraction of sp³-hybridized carbons (Fsp3) is 0.333. The summed E-state index contributed by atoms with van der Waals surface area (Å²) in [6.07, 6.45) is 0. The minimum atomic E-state index is -0.678. The Morgan fingerprint density at radius 1 is 1.32 bits per heavy atom. The lowest BCUT2D eigenvalue weighted by Gasteiger charge is -2.26. The number of nitrogens with two attached hydrogens (primary N) is 1. The highest BCUT2D eigenvalue weighted by Gasteiger charge is 2.30. The zero-order chi connectivity index (χ0) is 16.7. The van der Waals surface area contributed by atoms with Gasteiger partial charge in [0, 0.05) is 5.56 Å². The van der Waals surface area contributed by atoms with E-state index in [0.29, 0.717) is 10.8 Å². The summed E-state index contributed by atoms with van der Waals surface area (Å²) in [5.41, 5.74) is 7.09. The zero-order valence-corrected chi connectivity index (χ0v) is 14.3. The summed E-state index contributed by atoms with van der Waals surface area (Å²) in [6.45, 7) is 7.36. The third-order valence-electron chi connectivity index (χ3n) is 3.46. The second-order valence-electron chi connectivity index (χ2n) is 5.60. The number of benzene rings is 1. The predicted octanol–water partition coefficient (Wildman–Crippen LogP) is 3.85. The van der Waals surface area contributed by atoms with Gasteiger partial charge in [-0.3, -0.25) is 4.79 Å². The molecule has 0 spiro atoms. The van der Waals surface area contributed by atoms with E-state index in [1.54, 1.807) is 19.1 Å². The average Bonchev–Trinajstić information content (AvgIpc) is 2.75. The molecule has 0 fully saturated rings. The molecule has 0 radical (unpaired) electrons. The van der Waals surface area contributed by atoms with Crippen LogP contribution in [0.3, 0.4) is 0 Å². The highest BCUT2D eigenvalue weighted by atomic mass is 35.5. The maximum atomic E-state index is 12.5. The van der Waals surface area contributed by atoms with Gasteiger partial charge in [-0.1, -0.05) is 28.4 Å². The van der Waals surface area contributed by atoms with Crippen molar-refractivity contribution >= 4 is 34.8 Å². The van der Waals surface area contributed by atoms with E-state index in [1.165, 1.54) is 0 Å². The van der Waals surface area contributed by atoms with E-state index in [0.717, 1.165) is 11.3 Å². The second kappa shape index (κ2) is 5.82. The second-order valence-corrected chi connectivity index (χ2v) is 6.39. The third-order valence-corrected chi connectivity index (χ3v) is 4.19. The van der Waals surface area contributed by atoms with E-state index < -0.39 is 5.54 Å². The molecule has 0 aliphatic heterocycles. The summed E-state index contributed by atoms with van der Waals surface area (Å²) in [5, 5.41) is 7.29. The monoisotopic (exact) mass is 341 g/mol. The van der Waals surface area contributed by atoms with E-state index in [-0.39, 0.29) is 22.2 Å². The Labute approximate surface area is 138 Å². The van der Waals surface area contributed by atoms with Gasteiger partial charge in [-0.2, -0.15) is 0 Å². The van der Waals surface area contributed by atoms with E-state index in [9.17, 15) is 4.79 Å². The fourth-order valence-corrected chi connectivity index (χ4v) is 2.99. The smallest absolute Gasteiger partial charge is 0.253 e. The van der Waals surface area contributed by atoms with Crippen LogP contribution in [0.25, 0.3) is 0 Å². The molecule has 1 amide bonds. The van der Waals surface area contributed by atoms with Crippen molar-refractivity contribution in [1.29, 1.82) is 0 Å². The largest absolute Gasteiger partial charge is 0.396 e. The van der Waals surface area contributed by atoms with Crippen molar-refractivity contribution in [3.63, 3.8) is 0 Å². The zero-order valence-electron chi connectivity index (χ0n) is 12.8. The number of nitrogens with zero attached hydrogens (tertiary/aromatic N) is 1. The van der Waals surface area contributed by atoms with Crippen molar-refractivity contribution < 1.29 is 9.32 Å². The van der Waals surface area contributed by atoms with Crippen molar-refractivity contribution in [3.05, 3.63) is 44.8 Å². The lowest BCUT2D eigenvalue weighted by atomic mass is 9.92. The van der Waals surface area contributed by atoms with Crippen LogP contribution >= 0.6 is 23.2 Å². The first-order valence-corrected chi connectivity index (χ1v) is 7.40. The first-order valence-electron chi connectivity index (χ1n) is 6.64. The molecular formula is C15H17Cl2N3O2. The quantitative estimate of drug-likeness (QED) is 0.831. The summed E-state index contributed by atoms with van der Waals surface area (Å²) in [5.74, 6) is 0.308. The number of aromatic nitrogens is 1. The summed E-state index contributed by atoms with van der Waals surface area (Å²) in [7, 11) is 0.